The van der Waals surface area contributed by atoms with E-state index in [-0.39, 0.29) is 30.9 Å². The number of esters is 1. The van der Waals surface area contributed by atoms with Crippen molar-refractivity contribution < 1.29 is 44.5 Å². The van der Waals surface area contributed by atoms with E-state index in [4.69, 9.17) is 26.4 Å². The summed E-state index contributed by atoms with van der Waals surface area (Å²) < 4.78 is 18.5. The summed E-state index contributed by atoms with van der Waals surface area (Å²) in [5.74, 6) is -2.82. The third-order valence-electron chi connectivity index (χ3n) is 12.0. The molecule has 13 nitrogen and oxygen atoms in total. The minimum absolute atomic E-state index is 0.173. The molecule has 3 rings (SSSR count). The molecule has 2 aliphatic heterocycles. The third kappa shape index (κ3) is 13.3. The summed E-state index contributed by atoms with van der Waals surface area (Å²) in [6, 6.07) is 9.47. The van der Waals surface area contributed by atoms with Gasteiger partial charge in [-0.2, -0.15) is 0 Å². The second kappa shape index (κ2) is 21.9. The molecular weight excluding hydrogens is 737 g/mol. The van der Waals surface area contributed by atoms with E-state index >= 15 is 0 Å². The van der Waals surface area contributed by atoms with E-state index in [9.17, 15) is 30.3 Å². The fraction of sp³-hybridized carbons (Fsp3) is 0.810. The van der Waals surface area contributed by atoms with Crippen LogP contribution in [0.5, 0.6) is 0 Å². The van der Waals surface area contributed by atoms with Crippen LogP contribution < -0.4 is 10.6 Å². The zero-order valence-corrected chi connectivity index (χ0v) is 36.4. The minimum Gasteiger partial charge on any atom is -0.459 e. The average molecular weight is 811 g/mol. The van der Waals surface area contributed by atoms with Crippen molar-refractivity contribution in [2.45, 2.75) is 160 Å². The zero-order valence-electron chi connectivity index (χ0n) is 35.6. The van der Waals surface area contributed by atoms with Crippen LogP contribution in [0.4, 0.5) is 0 Å². The lowest BCUT2D eigenvalue weighted by Gasteiger charge is -2.46. The van der Waals surface area contributed by atoms with E-state index in [0.717, 1.165) is 19.4 Å². The summed E-state index contributed by atoms with van der Waals surface area (Å²) in [6.45, 7) is 16.2. The first-order chi connectivity index (χ1) is 26.2. The van der Waals surface area contributed by atoms with Crippen LogP contribution >= 0.6 is 12.2 Å². The first-order valence-corrected chi connectivity index (χ1v) is 21.1. The maximum absolute atomic E-state index is 13.6. The van der Waals surface area contributed by atoms with Gasteiger partial charge in [0, 0.05) is 44.2 Å². The number of rotatable bonds is 12. The number of nitrogens with zero attached hydrogens (tertiary/aromatic N) is 2. The molecule has 0 amide bonds. The van der Waals surface area contributed by atoms with E-state index < -0.39 is 71.9 Å². The number of nitrogens with one attached hydrogen (secondary N) is 2. The van der Waals surface area contributed by atoms with Crippen molar-refractivity contribution in [2.24, 2.45) is 17.8 Å². The molecule has 0 unspecified atom stereocenters. The average Bonchev–Trinajstić information content (AvgIpc) is 3.14. The summed E-state index contributed by atoms with van der Waals surface area (Å²) in [4.78, 5) is 17.6. The summed E-state index contributed by atoms with van der Waals surface area (Å²) in [7, 11) is 3.76. The molecule has 14 heteroatoms. The fourth-order valence-corrected chi connectivity index (χ4v) is 8.79. The molecule has 0 radical (unpaired) electrons. The van der Waals surface area contributed by atoms with Crippen molar-refractivity contribution in [3.8, 4) is 0 Å². The molecule has 0 bridgehead atoms. The number of cyclic esters (lactones) is 1. The zero-order chi connectivity index (χ0) is 42.0. The molecule has 2 heterocycles. The minimum atomic E-state index is -1.82. The largest absolute Gasteiger partial charge is 0.459 e. The normalized spacial score (nSPS) is 38.3. The highest BCUT2D eigenvalue weighted by Crippen LogP contribution is 2.36. The number of carbonyl (C=O) groups excluding carboxylic acids is 1. The molecule has 0 saturated carbocycles. The van der Waals surface area contributed by atoms with Crippen molar-refractivity contribution in [3.63, 3.8) is 0 Å². The fourth-order valence-electron chi connectivity index (χ4n) is 8.59. The van der Waals surface area contributed by atoms with Crippen LogP contribution in [-0.4, -0.2) is 153 Å². The molecule has 1 aromatic rings. The smallest absolute Gasteiger partial charge is 0.311 e. The number of hydrogen-bond acceptors (Lipinski definition) is 12. The number of aliphatic hydroxyl groups excluding tert-OH is 3. The summed E-state index contributed by atoms with van der Waals surface area (Å²) >= 11 is 5.53. The Kier molecular flexibility index (Phi) is 18.9. The molecule has 2 aliphatic rings. The van der Waals surface area contributed by atoms with E-state index in [1.807, 2.05) is 58.0 Å². The number of aryl methyl sites for hydroxylation is 1. The molecule has 7 N–H and O–H groups in total. The Morgan fingerprint density at radius 2 is 1.62 bits per heavy atom. The van der Waals surface area contributed by atoms with Crippen LogP contribution in [0.2, 0.25) is 0 Å². The molecule has 2 saturated heterocycles. The SMILES string of the molecule is CC[C@H]1OC(=O)[C@H](C)[C@@H](O)[C@H](C)[C@@H](O[C@@H]2O[C@H](C)C[C@H](N(C)C)[C@H]2O)[C@](C)(O)C[C@@H](C)CN(CCCNC(=S)NCCCc2ccccc2)[C@H](C)[C@@H](O)[C@]1(C)O. The van der Waals surface area contributed by atoms with Gasteiger partial charge in [0.15, 0.2) is 11.4 Å². The van der Waals surface area contributed by atoms with Gasteiger partial charge in [-0.3, -0.25) is 9.69 Å². The van der Waals surface area contributed by atoms with E-state index in [1.165, 1.54) is 19.4 Å². The molecule has 322 valence electrons. The molecule has 0 spiro atoms. The topological polar surface area (TPSA) is 176 Å². The lowest BCUT2D eigenvalue weighted by molar-refractivity contribution is -0.299. The number of hydrogen-bond donors (Lipinski definition) is 7. The molecular formula is C42H74N4O9S. The van der Waals surface area contributed by atoms with Crippen molar-refractivity contribution >= 4 is 23.3 Å². The second-order valence-electron chi connectivity index (χ2n) is 17.3. The van der Waals surface area contributed by atoms with Crippen molar-refractivity contribution in [2.75, 3.05) is 40.3 Å². The maximum Gasteiger partial charge on any atom is 0.311 e. The predicted molar refractivity (Wildman–Crippen MR) is 222 cm³/mol. The summed E-state index contributed by atoms with van der Waals surface area (Å²) in [6.07, 6.45) is -3.58. The van der Waals surface area contributed by atoms with E-state index in [1.54, 1.807) is 20.8 Å². The Hall–Kier alpha value is -1.98. The van der Waals surface area contributed by atoms with Gasteiger partial charge in [0.25, 0.3) is 0 Å². The number of carbonyl (C=O) groups is 1. The lowest BCUT2D eigenvalue weighted by Crippen LogP contribution is -2.59. The Balaban J connectivity index is 1.84. The Bertz CT molecular complexity index is 1340. The lowest BCUT2D eigenvalue weighted by atomic mass is 9.78. The van der Waals surface area contributed by atoms with Crippen molar-refractivity contribution in [3.05, 3.63) is 35.9 Å². The Labute approximate surface area is 341 Å². The van der Waals surface area contributed by atoms with E-state index in [0.29, 0.717) is 37.6 Å². The maximum atomic E-state index is 13.6. The Morgan fingerprint density at radius 1 is 1.00 bits per heavy atom. The third-order valence-corrected chi connectivity index (χ3v) is 12.3. The van der Waals surface area contributed by atoms with Crippen LogP contribution in [0.25, 0.3) is 0 Å². The van der Waals surface area contributed by atoms with Crippen LogP contribution in [0.3, 0.4) is 0 Å². The van der Waals surface area contributed by atoms with Gasteiger partial charge in [0.05, 0.1) is 29.8 Å². The van der Waals surface area contributed by atoms with Crippen molar-refractivity contribution in [1.82, 2.24) is 20.4 Å². The highest BCUT2D eigenvalue weighted by molar-refractivity contribution is 7.80. The van der Waals surface area contributed by atoms with Gasteiger partial charge < -0.3 is 55.3 Å². The van der Waals surface area contributed by atoms with E-state index in [2.05, 4.69) is 27.7 Å². The number of benzene rings is 1. The van der Waals surface area contributed by atoms with Gasteiger partial charge in [-0.05, 0) is 111 Å². The molecule has 14 atom stereocenters. The highest BCUT2D eigenvalue weighted by atomic mass is 32.1. The van der Waals surface area contributed by atoms with Crippen LogP contribution in [0.15, 0.2) is 30.3 Å². The van der Waals surface area contributed by atoms with Crippen LogP contribution in [-0.2, 0) is 25.4 Å². The quantitative estimate of drug-likeness (QED) is 0.0933. The number of aliphatic hydroxyl groups is 5. The number of thiocarbonyl (C=S) groups is 1. The second-order valence-corrected chi connectivity index (χ2v) is 17.7. The summed E-state index contributed by atoms with van der Waals surface area (Å²) in [5.41, 5.74) is -2.10. The van der Waals surface area contributed by atoms with Gasteiger partial charge in [0.2, 0.25) is 0 Å². The molecule has 2 fully saturated rings. The Morgan fingerprint density at radius 3 is 2.23 bits per heavy atom. The monoisotopic (exact) mass is 811 g/mol. The van der Waals surface area contributed by atoms with Gasteiger partial charge in [-0.1, -0.05) is 51.1 Å². The predicted octanol–water partition coefficient (Wildman–Crippen LogP) is 2.83. The molecule has 0 aliphatic carbocycles. The first kappa shape index (κ1) is 48.4. The van der Waals surface area contributed by atoms with Crippen LogP contribution in [0.1, 0.15) is 93.1 Å². The van der Waals surface area contributed by atoms with Gasteiger partial charge in [0.1, 0.15) is 23.9 Å². The van der Waals surface area contributed by atoms with Gasteiger partial charge in [-0.25, -0.2) is 0 Å². The van der Waals surface area contributed by atoms with Crippen LogP contribution in [0, 0.1) is 17.8 Å². The number of ether oxygens (including phenoxy) is 3. The first-order valence-electron chi connectivity index (χ1n) is 20.7. The number of likely N-dealkylation sites (N-methyl/N-ethyl adjacent to an activating group) is 1. The van der Waals surface area contributed by atoms with Crippen molar-refractivity contribution in [1.29, 1.82) is 0 Å². The van der Waals surface area contributed by atoms with Gasteiger partial charge in [-0.15, -0.1) is 0 Å². The highest BCUT2D eigenvalue weighted by Gasteiger charge is 2.50. The van der Waals surface area contributed by atoms with Gasteiger partial charge >= 0.3 is 5.97 Å². The molecule has 0 aromatic heterocycles. The molecule has 1 aromatic carbocycles. The standard InChI is InChI=1S/C42H74N4O9S/c1-11-33-42(8,52)36(49)30(6)46(22-16-21-44-40(56)43-20-15-19-31-17-13-12-14-18-31)25-26(2)24-41(7,51)37(28(4)34(47)29(5)38(50)54-33)55-39-35(48)32(45(9)10)23-27(3)53-39/h12-14,17-18,26-30,32-37,39,47-49,51-52H,11,15-16,19-25H2,1-10H3,(H2,43,44,56)/t26-,27-,28+,29-,30-,32+,33-,34+,35-,36-,37-,39+,41-,42-/m1/s1. The summed E-state index contributed by atoms with van der Waals surface area (Å²) in [5, 5.41) is 66.1. The molecule has 56 heavy (non-hydrogen) atoms.